The van der Waals surface area contributed by atoms with Crippen molar-refractivity contribution in [1.29, 1.82) is 0 Å². The van der Waals surface area contributed by atoms with Gasteiger partial charge < -0.3 is 4.90 Å². The fourth-order valence-corrected chi connectivity index (χ4v) is 1.28. The molecule has 0 radical (unpaired) electrons. The highest BCUT2D eigenvalue weighted by Crippen LogP contribution is 1.98. The van der Waals surface area contributed by atoms with Crippen molar-refractivity contribution in [1.82, 2.24) is 4.90 Å². The van der Waals surface area contributed by atoms with Crippen molar-refractivity contribution in [3.05, 3.63) is 0 Å². The van der Waals surface area contributed by atoms with Gasteiger partial charge in [-0.15, -0.1) is 0 Å². The Kier molecular flexibility index (Phi) is 4.66. The van der Waals surface area contributed by atoms with E-state index in [0.717, 1.165) is 0 Å². The third-order valence-corrected chi connectivity index (χ3v) is 2.67. The van der Waals surface area contributed by atoms with Crippen LogP contribution in [0.1, 0.15) is 12.8 Å². The van der Waals surface area contributed by atoms with E-state index in [0.29, 0.717) is 17.8 Å². The number of thiocarbonyl (C=S) groups is 1. The van der Waals surface area contributed by atoms with Crippen LogP contribution in [0.25, 0.3) is 0 Å². The second-order valence-corrected chi connectivity index (χ2v) is 4.72. The van der Waals surface area contributed by atoms with Crippen LogP contribution in [0.4, 0.5) is 0 Å². The lowest BCUT2D eigenvalue weighted by Crippen LogP contribution is -2.20. The number of hydrogen-bond acceptors (Lipinski definition) is 3. The molecule has 0 bridgehead atoms. The Morgan fingerprint density at radius 1 is 1.50 bits per heavy atom. The van der Waals surface area contributed by atoms with Crippen LogP contribution < -0.4 is 0 Å². The van der Waals surface area contributed by atoms with Crippen LogP contribution >= 0.6 is 12.2 Å². The molecule has 0 aromatic carbocycles. The molecule has 0 fully saturated rings. The van der Waals surface area contributed by atoms with E-state index >= 15 is 0 Å². The molecule has 0 saturated heterocycles. The zero-order valence-electron chi connectivity index (χ0n) is 7.15. The first-order valence-corrected chi connectivity index (χ1v) is 5.50. The molecule has 0 rings (SSSR count). The lowest BCUT2D eigenvalue weighted by Gasteiger charge is -2.12. The molecule has 12 heavy (non-hydrogen) atoms. The maximum atomic E-state index is 10.3. The number of rotatable bonds is 4. The molecule has 0 aromatic rings. The van der Waals surface area contributed by atoms with Gasteiger partial charge in [-0.1, -0.05) is 12.2 Å². The summed E-state index contributed by atoms with van der Waals surface area (Å²) in [5, 5.41) is 0. The average molecular weight is 211 g/mol. The summed E-state index contributed by atoms with van der Waals surface area (Å²) < 4.78 is 28.9. The molecule has 4 nitrogen and oxygen atoms in total. The van der Waals surface area contributed by atoms with Crippen LogP contribution in [0.2, 0.25) is 0 Å². The maximum absolute atomic E-state index is 10.3. The number of hydrogen-bond donors (Lipinski definition) is 1. The first-order valence-electron chi connectivity index (χ1n) is 3.48. The molecule has 0 spiro atoms. The van der Waals surface area contributed by atoms with Gasteiger partial charge >= 0.3 is 0 Å². The van der Waals surface area contributed by atoms with Crippen molar-refractivity contribution in [2.75, 3.05) is 19.8 Å². The molecule has 6 heteroatoms. The average Bonchev–Trinajstić information content (AvgIpc) is 1.84. The van der Waals surface area contributed by atoms with E-state index in [-0.39, 0.29) is 5.75 Å². The standard InChI is InChI=1S/C6H13NO3S2/c1-7(2)6(11)4-3-5-12(8,9)10/h3-5H2,1-2H3,(H,8,9,10). The van der Waals surface area contributed by atoms with Gasteiger partial charge in [0.1, 0.15) is 0 Å². The van der Waals surface area contributed by atoms with Gasteiger partial charge in [0, 0.05) is 14.1 Å². The van der Waals surface area contributed by atoms with Crippen molar-refractivity contribution in [2.45, 2.75) is 12.8 Å². The molecule has 0 aliphatic carbocycles. The van der Waals surface area contributed by atoms with Gasteiger partial charge in [0.15, 0.2) is 0 Å². The van der Waals surface area contributed by atoms with Crippen molar-refractivity contribution >= 4 is 27.3 Å². The Morgan fingerprint density at radius 2 is 2.00 bits per heavy atom. The smallest absolute Gasteiger partial charge is 0.264 e. The fourth-order valence-electron chi connectivity index (χ4n) is 0.629. The molecule has 0 aromatic heterocycles. The zero-order chi connectivity index (χ0) is 9.78. The molecule has 0 amide bonds. The molecular weight excluding hydrogens is 198 g/mol. The summed E-state index contributed by atoms with van der Waals surface area (Å²) in [6.45, 7) is 0. The lowest BCUT2D eigenvalue weighted by atomic mass is 10.3. The van der Waals surface area contributed by atoms with Crippen LogP contribution in [0, 0.1) is 0 Å². The van der Waals surface area contributed by atoms with E-state index in [1.807, 2.05) is 0 Å². The summed E-state index contributed by atoms with van der Waals surface area (Å²) in [5.41, 5.74) is 0. The largest absolute Gasteiger partial charge is 0.372 e. The SMILES string of the molecule is CN(C)C(=S)CCCS(=O)(=O)O. The van der Waals surface area contributed by atoms with Crippen LogP contribution in [0.5, 0.6) is 0 Å². The van der Waals surface area contributed by atoms with E-state index < -0.39 is 10.1 Å². The van der Waals surface area contributed by atoms with E-state index in [2.05, 4.69) is 0 Å². The van der Waals surface area contributed by atoms with E-state index in [1.54, 1.807) is 19.0 Å². The maximum Gasteiger partial charge on any atom is 0.264 e. The van der Waals surface area contributed by atoms with Gasteiger partial charge in [0.2, 0.25) is 0 Å². The van der Waals surface area contributed by atoms with Gasteiger partial charge in [-0.25, -0.2) is 0 Å². The summed E-state index contributed by atoms with van der Waals surface area (Å²) in [6, 6.07) is 0. The molecule has 0 aliphatic rings. The van der Waals surface area contributed by atoms with E-state index in [9.17, 15) is 8.42 Å². The van der Waals surface area contributed by atoms with Crippen LogP contribution in [-0.4, -0.2) is 42.7 Å². The topological polar surface area (TPSA) is 57.6 Å². The van der Waals surface area contributed by atoms with E-state index in [1.165, 1.54) is 0 Å². The third-order valence-electron chi connectivity index (χ3n) is 1.29. The summed E-state index contributed by atoms with van der Waals surface area (Å²) in [4.78, 5) is 2.44. The first kappa shape index (κ1) is 11.8. The van der Waals surface area contributed by atoms with Crippen LogP contribution in [-0.2, 0) is 10.1 Å². The van der Waals surface area contributed by atoms with Crippen LogP contribution in [0.3, 0.4) is 0 Å². The second kappa shape index (κ2) is 4.74. The van der Waals surface area contributed by atoms with Crippen molar-refractivity contribution < 1.29 is 13.0 Å². The summed E-state index contributed by atoms with van der Waals surface area (Å²) >= 11 is 4.92. The van der Waals surface area contributed by atoms with Crippen LogP contribution in [0.15, 0.2) is 0 Å². The Hall–Kier alpha value is -0.200. The Labute approximate surface area is 78.3 Å². The molecule has 72 valence electrons. The molecule has 0 unspecified atom stereocenters. The Morgan fingerprint density at radius 3 is 2.33 bits per heavy atom. The normalized spacial score (nSPS) is 11.2. The predicted octanol–water partition coefficient (Wildman–Crippen LogP) is 0.543. The third kappa shape index (κ3) is 6.51. The Balaban J connectivity index is 3.66. The van der Waals surface area contributed by atoms with Gasteiger partial charge in [0.25, 0.3) is 10.1 Å². The quantitative estimate of drug-likeness (QED) is 0.543. The van der Waals surface area contributed by atoms with Gasteiger partial charge in [-0.3, -0.25) is 4.55 Å². The molecule has 0 atom stereocenters. The summed E-state index contributed by atoms with van der Waals surface area (Å²) in [6.07, 6.45) is 0.887. The molecule has 1 N–H and O–H groups in total. The Bertz CT molecular complexity index is 246. The van der Waals surface area contributed by atoms with Crippen molar-refractivity contribution in [2.24, 2.45) is 0 Å². The molecule has 0 heterocycles. The van der Waals surface area contributed by atoms with Gasteiger partial charge in [0.05, 0.1) is 10.7 Å². The minimum atomic E-state index is -3.82. The van der Waals surface area contributed by atoms with Gasteiger partial charge in [-0.05, 0) is 12.8 Å². The molecule has 0 aliphatic heterocycles. The zero-order valence-corrected chi connectivity index (χ0v) is 8.78. The van der Waals surface area contributed by atoms with E-state index in [4.69, 9.17) is 16.8 Å². The summed E-state index contributed by atoms with van der Waals surface area (Å²) in [7, 11) is -0.221. The number of nitrogens with zero attached hydrogens (tertiary/aromatic N) is 1. The first-order chi connectivity index (χ1) is 5.33. The molecule has 0 saturated carbocycles. The second-order valence-electron chi connectivity index (χ2n) is 2.68. The summed E-state index contributed by atoms with van der Waals surface area (Å²) in [5.74, 6) is -0.221. The van der Waals surface area contributed by atoms with Crippen molar-refractivity contribution in [3.63, 3.8) is 0 Å². The van der Waals surface area contributed by atoms with Crippen molar-refractivity contribution in [3.8, 4) is 0 Å². The highest BCUT2D eigenvalue weighted by atomic mass is 32.2. The van der Waals surface area contributed by atoms with Gasteiger partial charge in [-0.2, -0.15) is 8.42 Å². The molecular formula is C6H13NO3S2. The minimum Gasteiger partial charge on any atom is -0.372 e. The predicted molar refractivity (Wildman–Crippen MR) is 51.9 cm³/mol. The lowest BCUT2D eigenvalue weighted by molar-refractivity contribution is 0.481. The highest BCUT2D eigenvalue weighted by Gasteiger charge is 2.05. The monoisotopic (exact) mass is 211 g/mol. The fraction of sp³-hybridized carbons (Fsp3) is 0.833. The highest BCUT2D eigenvalue weighted by molar-refractivity contribution is 7.85. The minimum absolute atomic E-state index is 0.221.